The van der Waals surface area contributed by atoms with E-state index in [4.69, 9.17) is 0 Å². The van der Waals surface area contributed by atoms with E-state index < -0.39 is 12.0 Å². The van der Waals surface area contributed by atoms with Crippen molar-refractivity contribution in [1.82, 2.24) is 9.78 Å². The zero-order chi connectivity index (χ0) is 13.3. The fourth-order valence-electron chi connectivity index (χ4n) is 2.86. The first-order valence-electron chi connectivity index (χ1n) is 6.43. The van der Waals surface area contributed by atoms with Gasteiger partial charge in [0.1, 0.15) is 0 Å². The molecule has 1 aliphatic rings. The summed E-state index contributed by atoms with van der Waals surface area (Å²) in [7, 11) is 1.79. The van der Waals surface area contributed by atoms with Gasteiger partial charge in [0.15, 0.2) is 0 Å². The highest BCUT2D eigenvalue weighted by Crippen LogP contribution is 2.40. The van der Waals surface area contributed by atoms with Crippen LogP contribution in [-0.2, 0) is 7.05 Å². The van der Waals surface area contributed by atoms with E-state index in [0.717, 1.165) is 17.7 Å². The van der Waals surface area contributed by atoms with Crippen molar-refractivity contribution in [2.24, 2.45) is 13.0 Å². The van der Waals surface area contributed by atoms with Crippen LogP contribution in [0.1, 0.15) is 49.5 Å². The Hall–Kier alpha value is -0.970. The number of aliphatic hydroxyl groups excluding tert-OH is 1. The molecule has 0 amide bonds. The first kappa shape index (κ1) is 13.5. The quantitative estimate of drug-likeness (QED) is 0.905. The molecule has 2 atom stereocenters. The molecule has 1 aromatic heterocycles. The molecule has 5 heteroatoms. The summed E-state index contributed by atoms with van der Waals surface area (Å²) in [6.45, 7) is 1.83. The average molecular weight is 258 g/mol. The SMILES string of the molecule is Cc1nn(C)cc1C(O)CC1CCCC(F)(F)C1. The van der Waals surface area contributed by atoms with Gasteiger partial charge >= 0.3 is 0 Å². The minimum atomic E-state index is -2.55. The summed E-state index contributed by atoms with van der Waals surface area (Å²) in [5, 5.41) is 14.3. The molecule has 0 bridgehead atoms. The van der Waals surface area contributed by atoms with Crippen molar-refractivity contribution in [3.8, 4) is 0 Å². The molecule has 1 heterocycles. The Morgan fingerprint density at radius 3 is 2.89 bits per heavy atom. The van der Waals surface area contributed by atoms with Crippen LogP contribution >= 0.6 is 0 Å². The van der Waals surface area contributed by atoms with Gasteiger partial charge in [-0.25, -0.2) is 8.78 Å². The number of alkyl halides is 2. The number of nitrogens with zero attached hydrogens (tertiary/aromatic N) is 2. The number of halogens is 2. The number of hydrogen-bond acceptors (Lipinski definition) is 2. The number of rotatable bonds is 3. The normalized spacial score (nSPS) is 25.1. The molecule has 1 saturated carbocycles. The predicted molar refractivity (Wildman–Crippen MR) is 64.4 cm³/mol. The minimum absolute atomic E-state index is 0.00842. The van der Waals surface area contributed by atoms with Crippen molar-refractivity contribution in [2.45, 2.75) is 51.1 Å². The van der Waals surface area contributed by atoms with Crippen molar-refractivity contribution in [1.29, 1.82) is 0 Å². The van der Waals surface area contributed by atoms with Crippen LogP contribution in [0, 0.1) is 12.8 Å². The van der Waals surface area contributed by atoms with E-state index in [0.29, 0.717) is 12.8 Å². The van der Waals surface area contributed by atoms with E-state index in [2.05, 4.69) is 5.10 Å². The summed E-state index contributed by atoms with van der Waals surface area (Å²) < 4.78 is 28.2. The Morgan fingerprint density at radius 1 is 1.61 bits per heavy atom. The minimum Gasteiger partial charge on any atom is -0.388 e. The number of aryl methyl sites for hydroxylation is 2. The smallest absolute Gasteiger partial charge is 0.248 e. The Labute approximate surface area is 106 Å². The largest absolute Gasteiger partial charge is 0.388 e. The van der Waals surface area contributed by atoms with Gasteiger partial charge in [-0.15, -0.1) is 0 Å². The number of aromatic nitrogens is 2. The van der Waals surface area contributed by atoms with E-state index in [1.54, 1.807) is 17.9 Å². The first-order chi connectivity index (χ1) is 8.37. The molecule has 2 unspecified atom stereocenters. The molecule has 0 radical (unpaired) electrons. The second kappa shape index (κ2) is 4.96. The molecule has 1 aromatic rings. The van der Waals surface area contributed by atoms with Crippen molar-refractivity contribution >= 4 is 0 Å². The molecule has 102 valence electrons. The van der Waals surface area contributed by atoms with Crippen molar-refractivity contribution in [3.63, 3.8) is 0 Å². The highest BCUT2D eigenvalue weighted by atomic mass is 19.3. The highest BCUT2D eigenvalue weighted by molar-refractivity contribution is 5.18. The average Bonchev–Trinajstić information content (AvgIpc) is 2.56. The lowest BCUT2D eigenvalue weighted by Crippen LogP contribution is -2.27. The zero-order valence-electron chi connectivity index (χ0n) is 10.9. The van der Waals surface area contributed by atoms with Crippen LogP contribution in [0.3, 0.4) is 0 Å². The van der Waals surface area contributed by atoms with Gasteiger partial charge < -0.3 is 5.11 Å². The summed E-state index contributed by atoms with van der Waals surface area (Å²) in [6, 6.07) is 0. The lowest BCUT2D eigenvalue weighted by molar-refractivity contribution is -0.0590. The Kier molecular flexibility index (Phi) is 3.71. The molecule has 2 rings (SSSR count). The third kappa shape index (κ3) is 3.07. The highest BCUT2D eigenvalue weighted by Gasteiger charge is 2.37. The van der Waals surface area contributed by atoms with Crippen LogP contribution in [-0.4, -0.2) is 20.8 Å². The summed E-state index contributed by atoms with van der Waals surface area (Å²) in [4.78, 5) is 0. The molecule has 1 N–H and O–H groups in total. The van der Waals surface area contributed by atoms with Crippen LogP contribution in [0.15, 0.2) is 6.20 Å². The lowest BCUT2D eigenvalue weighted by Gasteiger charge is -2.30. The van der Waals surface area contributed by atoms with Gasteiger partial charge in [0.25, 0.3) is 0 Å². The summed E-state index contributed by atoms with van der Waals surface area (Å²) in [5.74, 6) is -2.64. The summed E-state index contributed by atoms with van der Waals surface area (Å²) >= 11 is 0. The van der Waals surface area contributed by atoms with Crippen LogP contribution < -0.4 is 0 Å². The van der Waals surface area contributed by atoms with Crippen LogP contribution in [0.25, 0.3) is 0 Å². The third-order valence-corrected chi connectivity index (χ3v) is 3.71. The van der Waals surface area contributed by atoms with Gasteiger partial charge in [0.2, 0.25) is 5.92 Å². The molecule has 0 saturated heterocycles. The van der Waals surface area contributed by atoms with Crippen molar-refractivity contribution in [2.75, 3.05) is 0 Å². The predicted octanol–water partition coefficient (Wildman–Crippen LogP) is 2.98. The van der Waals surface area contributed by atoms with Gasteiger partial charge in [-0.1, -0.05) is 0 Å². The summed E-state index contributed by atoms with van der Waals surface area (Å²) in [6.07, 6.45) is 2.72. The van der Waals surface area contributed by atoms with E-state index in [1.807, 2.05) is 6.92 Å². The second-order valence-corrected chi connectivity index (χ2v) is 5.41. The van der Waals surface area contributed by atoms with Gasteiger partial charge in [-0.2, -0.15) is 5.10 Å². The number of hydrogen-bond donors (Lipinski definition) is 1. The lowest BCUT2D eigenvalue weighted by atomic mass is 9.82. The number of aliphatic hydroxyl groups is 1. The van der Waals surface area contributed by atoms with Crippen molar-refractivity contribution < 1.29 is 13.9 Å². The molecule has 0 aromatic carbocycles. The second-order valence-electron chi connectivity index (χ2n) is 5.41. The zero-order valence-corrected chi connectivity index (χ0v) is 10.9. The topological polar surface area (TPSA) is 38.0 Å². The van der Waals surface area contributed by atoms with E-state index >= 15 is 0 Å². The molecule has 0 aliphatic heterocycles. The maximum Gasteiger partial charge on any atom is 0.248 e. The molecule has 0 spiro atoms. The van der Waals surface area contributed by atoms with Gasteiger partial charge in [0, 0.05) is 31.6 Å². The van der Waals surface area contributed by atoms with Crippen LogP contribution in [0.5, 0.6) is 0 Å². The van der Waals surface area contributed by atoms with Gasteiger partial charge in [0.05, 0.1) is 11.8 Å². The van der Waals surface area contributed by atoms with Crippen LogP contribution in [0.4, 0.5) is 8.78 Å². The fraction of sp³-hybridized carbons (Fsp3) is 0.769. The standard InChI is InChI=1S/C13H20F2N2O/c1-9-11(8-17(2)16-9)12(18)6-10-4-3-5-13(14,15)7-10/h8,10,12,18H,3-7H2,1-2H3. The maximum absolute atomic E-state index is 13.3. The molecule has 1 aliphatic carbocycles. The Balaban J connectivity index is 1.99. The summed E-state index contributed by atoms with van der Waals surface area (Å²) in [5.41, 5.74) is 1.53. The first-order valence-corrected chi connectivity index (χ1v) is 6.43. The molecule has 18 heavy (non-hydrogen) atoms. The van der Waals surface area contributed by atoms with Crippen LogP contribution in [0.2, 0.25) is 0 Å². The molecular weight excluding hydrogens is 238 g/mol. The molecular formula is C13H20F2N2O. The molecule has 3 nitrogen and oxygen atoms in total. The Morgan fingerprint density at radius 2 is 2.33 bits per heavy atom. The maximum atomic E-state index is 13.3. The van der Waals surface area contributed by atoms with Crippen molar-refractivity contribution in [3.05, 3.63) is 17.5 Å². The molecule has 1 fully saturated rings. The van der Waals surface area contributed by atoms with E-state index in [9.17, 15) is 13.9 Å². The van der Waals surface area contributed by atoms with E-state index in [1.165, 1.54) is 0 Å². The third-order valence-electron chi connectivity index (χ3n) is 3.71. The van der Waals surface area contributed by atoms with E-state index in [-0.39, 0.29) is 18.8 Å². The Bertz CT molecular complexity index is 417. The fourth-order valence-corrected chi connectivity index (χ4v) is 2.86. The monoisotopic (exact) mass is 258 g/mol. The van der Waals surface area contributed by atoms with Gasteiger partial charge in [-0.05, 0) is 32.1 Å². The van der Waals surface area contributed by atoms with Gasteiger partial charge in [-0.3, -0.25) is 4.68 Å².